The monoisotopic (exact) mass is 342 g/mol. The summed E-state index contributed by atoms with van der Waals surface area (Å²) in [6.45, 7) is 8.08. The van der Waals surface area contributed by atoms with E-state index >= 15 is 0 Å². The van der Waals surface area contributed by atoms with Crippen molar-refractivity contribution < 1.29 is 19.0 Å². The summed E-state index contributed by atoms with van der Waals surface area (Å²) in [5.74, 6) is 1.55. The first-order valence-electron chi connectivity index (χ1n) is 8.63. The zero-order valence-electron chi connectivity index (χ0n) is 15.3. The van der Waals surface area contributed by atoms with Crippen molar-refractivity contribution in [2.24, 2.45) is 0 Å². The molecule has 0 aliphatic heterocycles. The van der Waals surface area contributed by atoms with Gasteiger partial charge in [0.15, 0.2) is 6.29 Å². The smallest absolute Gasteiger partial charge is 0.308 e. The number of benzene rings is 2. The predicted octanol–water partition coefficient (Wildman–Crippen LogP) is 5.07. The van der Waals surface area contributed by atoms with Crippen LogP contribution in [0.5, 0.6) is 11.5 Å². The number of esters is 1. The Morgan fingerprint density at radius 2 is 1.56 bits per heavy atom. The molecule has 2 unspecified atom stereocenters. The van der Waals surface area contributed by atoms with E-state index in [1.807, 2.05) is 31.2 Å². The summed E-state index contributed by atoms with van der Waals surface area (Å²) in [5, 5.41) is 0. The Balaban J connectivity index is 1.82. The van der Waals surface area contributed by atoms with Crippen molar-refractivity contribution in [3.05, 3.63) is 59.7 Å². The van der Waals surface area contributed by atoms with E-state index in [-0.39, 0.29) is 12.3 Å². The Bertz CT molecular complexity index is 661. The van der Waals surface area contributed by atoms with E-state index in [2.05, 4.69) is 26.0 Å². The van der Waals surface area contributed by atoms with Crippen LogP contribution in [0, 0.1) is 0 Å². The fourth-order valence-corrected chi connectivity index (χ4v) is 2.37. The number of hydrogen-bond donors (Lipinski definition) is 0. The lowest BCUT2D eigenvalue weighted by Gasteiger charge is -2.16. The highest BCUT2D eigenvalue weighted by Crippen LogP contribution is 2.22. The van der Waals surface area contributed by atoms with E-state index in [0.29, 0.717) is 18.3 Å². The number of carbonyl (C=O) groups is 1. The Morgan fingerprint density at radius 3 is 2.12 bits per heavy atom. The molecule has 2 rings (SSSR count). The standard InChI is InChI=1S/C21H26O4/c1-5-15(2)19-8-12-21(13-9-19)25-17(4)23-14-18-6-10-20(11-7-18)24-16(3)22/h6-13,15,17H,5,14H2,1-4H3. The van der Waals surface area contributed by atoms with Gasteiger partial charge in [-0.25, -0.2) is 0 Å². The quantitative estimate of drug-likeness (QED) is 0.382. The summed E-state index contributed by atoms with van der Waals surface area (Å²) < 4.78 is 16.5. The molecule has 4 nitrogen and oxygen atoms in total. The molecule has 0 N–H and O–H groups in total. The highest BCUT2D eigenvalue weighted by Gasteiger charge is 2.07. The third-order valence-corrected chi connectivity index (χ3v) is 4.03. The first-order chi connectivity index (χ1) is 12.0. The van der Waals surface area contributed by atoms with Crippen molar-refractivity contribution in [1.29, 1.82) is 0 Å². The van der Waals surface area contributed by atoms with Gasteiger partial charge in [0.1, 0.15) is 11.5 Å². The van der Waals surface area contributed by atoms with E-state index in [4.69, 9.17) is 14.2 Å². The molecule has 4 heteroatoms. The highest BCUT2D eigenvalue weighted by molar-refractivity contribution is 5.69. The van der Waals surface area contributed by atoms with Crippen LogP contribution in [0.15, 0.2) is 48.5 Å². The summed E-state index contributed by atoms with van der Waals surface area (Å²) in [6, 6.07) is 15.4. The van der Waals surface area contributed by atoms with Crippen LogP contribution in [0.3, 0.4) is 0 Å². The van der Waals surface area contributed by atoms with Gasteiger partial charge in [-0.05, 0) is 54.7 Å². The Kier molecular flexibility index (Phi) is 7.02. The molecule has 0 amide bonds. The van der Waals surface area contributed by atoms with Crippen LogP contribution in [0.2, 0.25) is 0 Å². The molecule has 0 saturated carbocycles. The molecule has 134 valence electrons. The lowest BCUT2D eigenvalue weighted by molar-refractivity contribution is -0.131. The fraction of sp³-hybridized carbons (Fsp3) is 0.381. The minimum absolute atomic E-state index is 0.328. The van der Waals surface area contributed by atoms with E-state index < -0.39 is 0 Å². The lowest BCUT2D eigenvalue weighted by atomic mass is 9.99. The number of hydrogen-bond acceptors (Lipinski definition) is 4. The van der Waals surface area contributed by atoms with Crippen molar-refractivity contribution in [2.45, 2.75) is 52.9 Å². The van der Waals surface area contributed by atoms with Crippen LogP contribution in [0.25, 0.3) is 0 Å². The molecule has 0 aliphatic carbocycles. The zero-order chi connectivity index (χ0) is 18.2. The molecule has 25 heavy (non-hydrogen) atoms. The molecule has 0 aromatic heterocycles. The topological polar surface area (TPSA) is 44.8 Å². The van der Waals surface area contributed by atoms with Crippen LogP contribution >= 0.6 is 0 Å². The zero-order valence-corrected chi connectivity index (χ0v) is 15.3. The van der Waals surface area contributed by atoms with Crippen LogP contribution < -0.4 is 9.47 Å². The molecule has 2 atom stereocenters. The first kappa shape index (κ1) is 19.0. The van der Waals surface area contributed by atoms with E-state index in [1.165, 1.54) is 12.5 Å². The Morgan fingerprint density at radius 1 is 0.960 bits per heavy atom. The average Bonchev–Trinajstić information content (AvgIpc) is 2.60. The minimum atomic E-state index is -0.359. The van der Waals surface area contributed by atoms with Gasteiger partial charge in [-0.2, -0.15) is 0 Å². The molecule has 0 fully saturated rings. The van der Waals surface area contributed by atoms with E-state index in [0.717, 1.165) is 17.7 Å². The first-order valence-corrected chi connectivity index (χ1v) is 8.63. The number of rotatable bonds is 8. The van der Waals surface area contributed by atoms with Crippen LogP contribution in [-0.4, -0.2) is 12.3 Å². The van der Waals surface area contributed by atoms with Gasteiger partial charge < -0.3 is 14.2 Å². The molecule has 2 aromatic rings. The fourth-order valence-electron chi connectivity index (χ4n) is 2.37. The summed E-state index contributed by atoms with van der Waals surface area (Å²) in [6.07, 6.45) is 0.762. The highest BCUT2D eigenvalue weighted by atomic mass is 16.7. The second kappa shape index (κ2) is 9.23. The molecule has 0 bridgehead atoms. The summed E-state index contributed by atoms with van der Waals surface area (Å²) in [5.41, 5.74) is 2.30. The second-order valence-electron chi connectivity index (χ2n) is 6.11. The van der Waals surface area contributed by atoms with Crippen LogP contribution in [0.1, 0.15) is 51.2 Å². The molecule has 2 aromatic carbocycles. The Hall–Kier alpha value is -2.33. The molecule has 0 saturated heterocycles. The molecule has 0 spiro atoms. The normalized spacial score (nSPS) is 13.1. The maximum absolute atomic E-state index is 10.9. The predicted molar refractivity (Wildman–Crippen MR) is 97.8 cm³/mol. The van der Waals surface area contributed by atoms with Gasteiger partial charge in [-0.3, -0.25) is 4.79 Å². The number of carbonyl (C=O) groups excluding carboxylic acids is 1. The summed E-state index contributed by atoms with van der Waals surface area (Å²) >= 11 is 0. The van der Waals surface area contributed by atoms with Gasteiger partial charge in [0.2, 0.25) is 0 Å². The van der Waals surface area contributed by atoms with E-state index in [1.54, 1.807) is 12.1 Å². The SMILES string of the molecule is CCC(C)c1ccc(OC(C)OCc2ccc(OC(C)=O)cc2)cc1. The second-order valence-corrected chi connectivity index (χ2v) is 6.11. The van der Waals surface area contributed by atoms with Crippen molar-refractivity contribution in [3.63, 3.8) is 0 Å². The summed E-state index contributed by atoms with van der Waals surface area (Å²) in [4.78, 5) is 10.9. The molecule has 0 heterocycles. The maximum atomic E-state index is 10.9. The van der Waals surface area contributed by atoms with Crippen molar-refractivity contribution >= 4 is 5.97 Å². The molecular weight excluding hydrogens is 316 g/mol. The van der Waals surface area contributed by atoms with Crippen molar-refractivity contribution in [1.82, 2.24) is 0 Å². The molecule has 0 radical (unpaired) electrons. The minimum Gasteiger partial charge on any atom is -0.465 e. The van der Waals surface area contributed by atoms with Gasteiger partial charge in [-0.15, -0.1) is 0 Å². The van der Waals surface area contributed by atoms with E-state index in [9.17, 15) is 4.79 Å². The molecule has 0 aliphatic rings. The van der Waals surface area contributed by atoms with Gasteiger partial charge in [0, 0.05) is 6.92 Å². The maximum Gasteiger partial charge on any atom is 0.308 e. The largest absolute Gasteiger partial charge is 0.465 e. The van der Waals surface area contributed by atoms with Gasteiger partial charge >= 0.3 is 5.97 Å². The van der Waals surface area contributed by atoms with Gasteiger partial charge in [-0.1, -0.05) is 38.1 Å². The third-order valence-electron chi connectivity index (χ3n) is 4.03. The van der Waals surface area contributed by atoms with Gasteiger partial charge in [0.25, 0.3) is 0 Å². The summed E-state index contributed by atoms with van der Waals surface area (Å²) in [7, 11) is 0. The lowest BCUT2D eigenvalue weighted by Crippen LogP contribution is -2.16. The Labute approximate surface area is 149 Å². The third kappa shape index (κ3) is 6.24. The van der Waals surface area contributed by atoms with Crippen LogP contribution in [0.4, 0.5) is 0 Å². The molecular formula is C21H26O4. The van der Waals surface area contributed by atoms with Crippen molar-refractivity contribution in [2.75, 3.05) is 0 Å². The van der Waals surface area contributed by atoms with Crippen LogP contribution in [-0.2, 0) is 16.1 Å². The average molecular weight is 342 g/mol. The van der Waals surface area contributed by atoms with Crippen molar-refractivity contribution in [3.8, 4) is 11.5 Å². The number of ether oxygens (including phenoxy) is 3. The van der Waals surface area contributed by atoms with Gasteiger partial charge in [0.05, 0.1) is 6.61 Å².